The number of anilines is 1. The van der Waals surface area contributed by atoms with Gasteiger partial charge in [0.05, 0.1) is 7.11 Å². The summed E-state index contributed by atoms with van der Waals surface area (Å²) in [5.74, 6) is 0.881. The molecule has 0 bridgehead atoms. The number of carbonyl (C=O) groups is 1. The standard InChI is InChI=1S/C20H24Cl2N2O3/c1-20(2,3)24-19(25)12-27-17-6-5-13(7-18(17)26-4)11-23-16-9-14(21)8-15(22)10-16/h5-10,23H,11-12H2,1-4H3,(H,24,25). The molecule has 0 radical (unpaired) electrons. The molecule has 0 saturated heterocycles. The van der Waals surface area contributed by atoms with E-state index in [1.807, 2.05) is 32.9 Å². The fourth-order valence-electron chi connectivity index (χ4n) is 2.40. The third-order valence-electron chi connectivity index (χ3n) is 3.46. The molecule has 5 nitrogen and oxygen atoms in total. The van der Waals surface area contributed by atoms with Gasteiger partial charge in [0, 0.05) is 27.8 Å². The average Bonchev–Trinajstić information content (AvgIpc) is 2.56. The van der Waals surface area contributed by atoms with Crippen molar-refractivity contribution in [3.63, 3.8) is 0 Å². The molecular formula is C20H24Cl2N2O3. The Labute approximate surface area is 170 Å². The molecule has 2 aromatic carbocycles. The van der Waals surface area contributed by atoms with Crippen molar-refractivity contribution >= 4 is 34.8 Å². The van der Waals surface area contributed by atoms with E-state index in [1.165, 1.54) is 0 Å². The lowest BCUT2D eigenvalue weighted by Crippen LogP contribution is -2.43. The van der Waals surface area contributed by atoms with Crippen LogP contribution in [0.3, 0.4) is 0 Å². The van der Waals surface area contributed by atoms with Gasteiger partial charge in [-0.15, -0.1) is 0 Å². The van der Waals surface area contributed by atoms with Gasteiger partial charge in [-0.2, -0.15) is 0 Å². The maximum absolute atomic E-state index is 11.9. The molecule has 1 amide bonds. The Bertz CT molecular complexity index is 784. The molecule has 0 spiro atoms. The third-order valence-corrected chi connectivity index (χ3v) is 3.90. The second kappa shape index (κ2) is 9.20. The summed E-state index contributed by atoms with van der Waals surface area (Å²) < 4.78 is 11.0. The summed E-state index contributed by atoms with van der Waals surface area (Å²) in [4.78, 5) is 11.9. The number of amides is 1. The molecule has 2 aromatic rings. The maximum Gasteiger partial charge on any atom is 0.258 e. The van der Waals surface area contributed by atoms with Gasteiger partial charge in [-0.05, 0) is 56.7 Å². The van der Waals surface area contributed by atoms with Gasteiger partial charge in [-0.1, -0.05) is 29.3 Å². The zero-order chi connectivity index (χ0) is 20.0. The molecular weight excluding hydrogens is 387 g/mol. The van der Waals surface area contributed by atoms with Gasteiger partial charge < -0.3 is 20.1 Å². The van der Waals surface area contributed by atoms with Gasteiger partial charge in [-0.25, -0.2) is 0 Å². The van der Waals surface area contributed by atoms with Crippen LogP contribution in [0.2, 0.25) is 10.0 Å². The fourth-order valence-corrected chi connectivity index (χ4v) is 2.92. The Hall–Kier alpha value is -2.11. The van der Waals surface area contributed by atoms with Crippen molar-refractivity contribution in [2.45, 2.75) is 32.9 Å². The van der Waals surface area contributed by atoms with E-state index < -0.39 is 0 Å². The van der Waals surface area contributed by atoms with Crippen LogP contribution in [0.1, 0.15) is 26.3 Å². The Kier molecular flexibility index (Phi) is 7.22. The van der Waals surface area contributed by atoms with Crippen LogP contribution in [0.25, 0.3) is 0 Å². The van der Waals surface area contributed by atoms with Crippen molar-refractivity contribution in [3.8, 4) is 11.5 Å². The molecule has 7 heteroatoms. The molecule has 0 aliphatic carbocycles. The normalized spacial score (nSPS) is 11.0. The third kappa shape index (κ3) is 7.19. The van der Waals surface area contributed by atoms with Crippen molar-refractivity contribution in [2.24, 2.45) is 0 Å². The number of rotatable bonds is 7. The maximum atomic E-state index is 11.9. The fraction of sp³-hybridized carbons (Fsp3) is 0.350. The summed E-state index contributed by atoms with van der Waals surface area (Å²) >= 11 is 12.0. The molecule has 0 aliphatic heterocycles. The molecule has 0 aliphatic rings. The van der Waals surface area contributed by atoms with Crippen LogP contribution in [0.5, 0.6) is 11.5 Å². The first-order valence-electron chi connectivity index (χ1n) is 8.47. The van der Waals surface area contributed by atoms with Crippen molar-refractivity contribution < 1.29 is 14.3 Å². The zero-order valence-corrected chi connectivity index (χ0v) is 17.4. The predicted octanol–water partition coefficient (Wildman–Crippen LogP) is 4.91. The summed E-state index contributed by atoms with van der Waals surface area (Å²) in [5, 5.41) is 7.25. The van der Waals surface area contributed by atoms with E-state index in [1.54, 1.807) is 31.4 Å². The van der Waals surface area contributed by atoms with Crippen molar-refractivity contribution in [2.75, 3.05) is 19.0 Å². The van der Waals surface area contributed by atoms with Gasteiger partial charge in [0.2, 0.25) is 0 Å². The monoisotopic (exact) mass is 410 g/mol. The van der Waals surface area contributed by atoms with Crippen molar-refractivity contribution in [1.82, 2.24) is 5.32 Å². The van der Waals surface area contributed by atoms with Crippen LogP contribution in [-0.2, 0) is 11.3 Å². The lowest BCUT2D eigenvalue weighted by atomic mass is 10.1. The Balaban J connectivity index is 1.99. The molecule has 0 unspecified atom stereocenters. The summed E-state index contributed by atoms with van der Waals surface area (Å²) in [5.41, 5.74) is 1.50. The number of carbonyl (C=O) groups excluding carboxylic acids is 1. The van der Waals surface area contributed by atoms with Crippen LogP contribution in [0.4, 0.5) is 5.69 Å². The first-order valence-corrected chi connectivity index (χ1v) is 9.22. The predicted molar refractivity (Wildman–Crippen MR) is 110 cm³/mol. The second-order valence-electron chi connectivity index (χ2n) is 7.08. The molecule has 27 heavy (non-hydrogen) atoms. The molecule has 146 valence electrons. The van der Waals surface area contributed by atoms with E-state index in [9.17, 15) is 4.79 Å². The number of halogens is 2. The number of hydrogen-bond donors (Lipinski definition) is 2. The Morgan fingerprint density at radius 3 is 2.30 bits per heavy atom. The number of ether oxygens (including phenoxy) is 2. The van der Waals surface area contributed by atoms with Crippen LogP contribution >= 0.6 is 23.2 Å². The largest absolute Gasteiger partial charge is 0.493 e. The van der Waals surface area contributed by atoms with Crippen LogP contribution in [0.15, 0.2) is 36.4 Å². The molecule has 0 atom stereocenters. The Morgan fingerprint density at radius 1 is 1.04 bits per heavy atom. The minimum Gasteiger partial charge on any atom is -0.493 e. The highest BCUT2D eigenvalue weighted by atomic mass is 35.5. The summed E-state index contributed by atoms with van der Waals surface area (Å²) in [6.07, 6.45) is 0. The SMILES string of the molecule is COc1cc(CNc2cc(Cl)cc(Cl)c2)ccc1OCC(=O)NC(C)(C)C. The van der Waals surface area contributed by atoms with Crippen LogP contribution < -0.4 is 20.1 Å². The second-order valence-corrected chi connectivity index (χ2v) is 7.96. The van der Waals surface area contributed by atoms with E-state index in [0.29, 0.717) is 28.1 Å². The Morgan fingerprint density at radius 2 is 1.70 bits per heavy atom. The van der Waals surface area contributed by atoms with Gasteiger partial charge in [0.1, 0.15) is 0 Å². The molecule has 0 fully saturated rings. The van der Waals surface area contributed by atoms with Gasteiger partial charge in [0.15, 0.2) is 18.1 Å². The molecule has 2 rings (SSSR count). The number of methoxy groups -OCH3 is 1. The topological polar surface area (TPSA) is 59.6 Å². The molecule has 0 heterocycles. The highest BCUT2D eigenvalue weighted by Gasteiger charge is 2.15. The summed E-state index contributed by atoms with van der Waals surface area (Å²) in [7, 11) is 1.56. The first kappa shape index (κ1) is 21.2. The van der Waals surface area contributed by atoms with E-state index in [4.69, 9.17) is 32.7 Å². The van der Waals surface area contributed by atoms with E-state index >= 15 is 0 Å². The zero-order valence-electron chi connectivity index (χ0n) is 15.9. The smallest absolute Gasteiger partial charge is 0.258 e. The minimum absolute atomic E-state index is 0.0771. The molecule has 0 saturated carbocycles. The average molecular weight is 411 g/mol. The molecule has 2 N–H and O–H groups in total. The van der Waals surface area contributed by atoms with Gasteiger partial charge in [0.25, 0.3) is 5.91 Å². The lowest BCUT2D eigenvalue weighted by molar-refractivity contribution is -0.124. The quantitative estimate of drug-likeness (QED) is 0.680. The summed E-state index contributed by atoms with van der Waals surface area (Å²) in [6.45, 7) is 6.23. The number of benzene rings is 2. The lowest BCUT2D eigenvalue weighted by Gasteiger charge is -2.20. The highest BCUT2D eigenvalue weighted by Crippen LogP contribution is 2.29. The minimum atomic E-state index is -0.302. The van der Waals surface area contributed by atoms with Crippen molar-refractivity contribution in [1.29, 1.82) is 0 Å². The molecule has 0 aromatic heterocycles. The van der Waals surface area contributed by atoms with E-state index in [0.717, 1.165) is 11.3 Å². The first-order chi connectivity index (χ1) is 12.7. The van der Waals surface area contributed by atoms with Gasteiger partial charge in [-0.3, -0.25) is 4.79 Å². The number of hydrogen-bond acceptors (Lipinski definition) is 4. The van der Waals surface area contributed by atoms with Crippen LogP contribution in [-0.4, -0.2) is 25.2 Å². The van der Waals surface area contributed by atoms with Crippen LogP contribution in [0, 0.1) is 0 Å². The summed E-state index contributed by atoms with van der Waals surface area (Å²) in [6, 6.07) is 10.8. The highest BCUT2D eigenvalue weighted by molar-refractivity contribution is 6.35. The van der Waals surface area contributed by atoms with Gasteiger partial charge >= 0.3 is 0 Å². The van der Waals surface area contributed by atoms with E-state index in [-0.39, 0.29) is 18.1 Å². The van der Waals surface area contributed by atoms with E-state index in [2.05, 4.69) is 10.6 Å². The number of nitrogens with one attached hydrogen (secondary N) is 2. The van der Waals surface area contributed by atoms with Crippen molar-refractivity contribution in [3.05, 3.63) is 52.0 Å².